The monoisotopic (exact) mass is 498 g/mol. The van der Waals surface area contributed by atoms with Gasteiger partial charge < -0.3 is 15.2 Å². The Morgan fingerprint density at radius 3 is 2.74 bits per heavy atom. The Morgan fingerprint density at radius 2 is 1.94 bits per heavy atom. The van der Waals surface area contributed by atoms with Crippen LogP contribution in [0, 0.1) is 0 Å². The van der Waals surface area contributed by atoms with Crippen molar-refractivity contribution in [3.8, 4) is 21.1 Å². The summed E-state index contributed by atoms with van der Waals surface area (Å²) in [7, 11) is 0. The summed E-state index contributed by atoms with van der Waals surface area (Å²) in [5, 5.41) is 3.45. The lowest BCUT2D eigenvalue weighted by Gasteiger charge is -2.15. The molecule has 0 atom stereocenters. The van der Waals surface area contributed by atoms with Gasteiger partial charge in [-0.25, -0.2) is 4.98 Å². The molecule has 0 aliphatic carbocycles. The van der Waals surface area contributed by atoms with Crippen molar-refractivity contribution in [3.63, 3.8) is 0 Å². The zero-order valence-corrected chi connectivity index (χ0v) is 19.8. The molecule has 1 aliphatic heterocycles. The van der Waals surface area contributed by atoms with Gasteiger partial charge >= 0.3 is 6.18 Å². The van der Waals surface area contributed by atoms with Crippen molar-refractivity contribution < 1.29 is 18.0 Å². The quantitative estimate of drug-likeness (QED) is 0.290. The summed E-state index contributed by atoms with van der Waals surface area (Å²) >= 11 is 1.55. The lowest BCUT2D eigenvalue weighted by molar-refractivity contribution is -0.137. The number of hydrogen-bond acceptors (Lipinski definition) is 4. The Hall–Kier alpha value is -3.17. The van der Waals surface area contributed by atoms with Crippen molar-refractivity contribution in [2.45, 2.75) is 32.0 Å². The van der Waals surface area contributed by atoms with Gasteiger partial charge in [-0.3, -0.25) is 4.79 Å². The summed E-state index contributed by atoms with van der Waals surface area (Å²) in [4.78, 5) is 23.0. The van der Waals surface area contributed by atoms with E-state index in [9.17, 15) is 18.0 Å². The van der Waals surface area contributed by atoms with Gasteiger partial charge in [0, 0.05) is 30.9 Å². The number of carbonyl (C=O) groups is 1. The predicted octanol–water partition coefficient (Wildman–Crippen LogP) is 6.08. The third-order valence-electron chi connectivity index (χ3n) is 6.14. The van der Waals surface area contributed by atoms with E-state index in [0.717, 1.165) is 72.0 Å². The van der Waals surface area contributed by atoms with Crippen LogP contribution in [0.5, 0.6) is 0 Å². The number of nitrogens with one attached hydrogen (secondary N) is 2. The molecule has 0 unspecified atom stereocenters. The SMILES string of the molecule is O=C1CCCN1CCCNCc1cccc(-c2ccc(-c3nc4ccc(C(F)(F)F)cc4[nH]3)s2)c1. The van der Waals surface area contributed by atoms with E-state index in [4.69, 9.17) is 0 Å². The van der Waals surface area contributed by atoms with Crippen LogP contribution in [0.2, 0.25) is 0 Å². The third kappa shape index (κ3) is 5.41. The molecule has 35 heavy (non-hydrogen) atoms. The van der Waals surface area contributed by atoms with E-state index in [2.05, 4.69) is 27.4 Å². The highest BCUT2D eigenvalue weighted by Crippen LogP contribution is 2.36. The Kier molecular flexibility index (Phi) is 6.62. The Labute approximate surface area is 205 Å². The number of aromatic amines is 1. The van der Waals surface area contributed by atoms with Crippen LogP contribution in [0.15, 0.2) is 54.6 Å². The Balaban J connectivity index is 1.22. The predicted molar refractivity (Wildman–Crippen MR) is 132 cm³/mol. The van der Waals surface area contributed by atoms with Crippen LogP contribution in [0.1, 0.15) is 30.4 Å². The number of aromatic nitrogens is 2. The third-order valence-corrected chi connectivity index (χ3v) is 7.28. The molecule has 5 nitrogen and oxygen atoms in total. The van der Waals surface area contributed by atoms with E-state index in [1.807, 2.05) is 29.2 Å². The molecule has 1 amide bonds. The minimum atomic E-state index is -4.39. The number of benzene rings is 2. The fourth-order valence-corrected chi connectivity index (χ4v) is 5.27. The lowest BCUT2D eigenvalue weighted by atomic mass is 10.1. The molecule has 182 valence electrons. The number of imidazole rings is 1. The molecular weight excluding hydrogens is 473 g/mol. The van der Waals surface area contributed by atoms with Gasteiger partial charge in [-0.05, 0) is 66.9 Å². The van der Waals surface area contributed by atoms with E-state index in [1.54, 1.807) is 11.3 Å². The van der Waals surface area contributed by atoms with Crippen LogP contribution < -0.4 is 5.32 Å². The van der Waals surface area contributed by atoms with Crippen molar-refractivity contribution in [2.24, 2.45) is 0 Å². The number of rotatable bonds is 8. The number of halogens is 3. The molecule has 1 saturated heterocycles. The van der Waals surface area contributed by atoms with Gasteiger partial charge in [0.15, 0.2) is 0 Å². The average Bonchev–Trinajstić information content (AvgIpc) is 3.57. The molecule has 4 aromatic rings. The Bertz CT molecular complexity index is 1340. The van der Waals surface area contributed by atoms with Gasteiger partial charge in [-0.15, -0.1) is 11.3 Å². The van der Waals surface area contributed by atoms with Gasteiger partial charge in [0.1, 0.15) is 5.82 Å². The number of nitrogens with zero attached hydrogens (tertiary/aromatic N) is 2. The smallest absolute Gasteiger partial charge is 0.343 e. The molecule has 0 bridgehead atoms. The van der Waals surface area contributed by atoms with Crippen molar-refractivity contribution in [1.29, 1.82) is 0 Å². The van der Waals surface area contributed by atoms with Crippen LogP contribution in [0.3, 0.4) is 0 Å². The van der Waals surface area contributed by atoms with Gasteiger partial charge in [0.05, 0.1) is 21.5 Å². The summed E-state index contributed by atoms with van der Waals surface area (Å²) in [5.41, 5.74) is 2.43. The molecule has 3 heterocycles. The number of likely N-dealkylation sites (tertiary alicyclic amines) is 1. The van der Waals surface area contributed by atoms with Crippen LogP contribution in [-0.4, -0.2) is 40.4 Å². The molecule has 0 saturated carbocycles. The van der Waals surface area contributed by atoms with E-state index < -0.39 is 11.7 Å². The van der Waals surface area contributed by atoms with Crippen molar-refractivity contribution in [2.75, 3.05) is 19.6 Å². The highest BCUT2D eigenvalue weighted by Gasteiger charge is 2.30. The van der Waals surface area contributed by atoms with E-state index in [-0.39, 0.29) is 5.91 Å². The van der Waals surface area contributed by atoms with E-state index in [0.29, 0.717) is 23.3 Å². The minimum absolute atomic E-state index is 0.265. The molecule has 1 aliphatic rings. The second-order valence-electron chi connectivity index (χ2n) is 8.69. The lowest BCUT2D eigenvalue weighted by Crippen LogP contribution is -2.28. The molecule has 2 aromatic heterocycles. The van der Waals surface area contributed by atoms with Gasteiger partial charge in [0.25, 0.3) is 0 Å². The first kappa shape index (κ1) is 23.6. The van der Waals surface area contributed by atoms with Crippen molar-refractivity contribution in [1.82, 2.24) is 20.2 Å². The number of fused-ring (bicyclic) bond motifs is 1. The van der Waals surface area contributed by atoms with Crippen LogP contribution in [0.25, 0.3) is 32.2 Å². The number of H-pyrrole nitrogens is 1. The normalized spacial score (nSPS) is 14.4. The molecule has 0 radical (unpaired) electrons. The standard InChI is InChI=1S/C26H25F3N4OS/c27-26(28,29)19-7-8-20-21(15-19)32-25(31-20)23-10-9-22(35-23)18-5-1-4-17(14-18)16-30-11-3-13-33-12-2-6-24(33)34/h1,4-5,7-10,14-15,30H,2-3,6,11-13,16H2,(H,31,32). The number of hydrogen-bond donors (Lipinski definition) is 2. The first-order chi connectivity index (χ1) is 16.9. The maximum absolute atomic E-state index is 13.0. The summed E-state index contributed by atoms with van der Waals surface area (Å²) < 4.78 is 39.0. The molecule has 2 aromatic carbocycles. The molecule has 9 heteroatoms. The number of amides is 1. The van der Waals surface area contributed by atoms with Crippen LogP contribution in [-0.2, 0) is 17.5 Å². The second kappa shape index (κ2) is 9.83. The van der Waals surface area contributed by atoms with E-state index >= 15 is 0 Å². The molecule has 0 spiro atoms. The highest BCUT2D eigenvalue weighted by molar-refractivity contribution is 7.18. The van der Waals surface area contributed by atoms with Gasteiger partial charge in [-0.1, -0.05) is 18.2 Å². The topological polar surface area (TPSA) is 61.0 Å². The number of alkyl halides is 3. The first-order valence-corrected chi connectivity index (χ1v) is 12.4. The summed E-state index contributed by atoms with van der Waals surface area (Å²) in [6.07, 6.45) is -1.80. The average molecular weight is 499 g/mol. The molecule has 2 N–H and O–H groups in total. The maximum atomic E-state index is 13.0. The van der Waals surface area contributed by atoms with Gasteiger partial charge in [0.2, 0.25) is 5.91 Å². The summed E-state index contributed by atoms with van der Waals surface area (Å²) in [5.74, 6) is 0.826. The zero-order valence-electron chi connectivity index (χ0n) is 19.0. The van der Waals surface area contributed by atoms with Crippen molar-refractivity contribution in [3.05, 3.63) is 65.7 Å². The van der Waals surface area contributed by atoms with Gasteiger partial charge in [-0.2, -0.15) is 13.2 Å². The van der Waals surface area contributed by atoms with E-state index in [1.165, 1.54) is 6.07 Å². The largest absolute Gasteiger partial charge is 0.416 e. The van der Waals surface area contributed by atoms with Crippen molar-refractivity contribution >= 4 is 28.3 Å². The Morgan fingerprint density at radius 1 is 1.09 bits per heavy atom. The van der Waals surface area contributed by atoms with Crippen LogP contribution in [0.4, 0.5) is 13.2 Å². The minimum Gasteiger partial charge on any atom is -0.343 e. The van der Waals surface area contributed by atoms with Crippen LogP contribution >= 0.6 is 11.3 Å². The fourth-order valence-electron chi connectivity index (χ4n) is 4.33. The number of carbonyl (C=O) groups excluding carboxylic acids is 1. The summed E-state index contributed by atoms with van der Waals surface area (Å²) in [6, 6.07) is 15.8. The molecular formula is C26H25F3N4OS. The first-order valence-electron chi connectivity index (χ1n) is 11.6. The zero-order chi connectivity index (χ0) is 24.4. The highest BCUT2D eigenvalue weighted by atomic mass is 32.1. The number of thiophene rings is 1. The molecule has 1 fully saturated rings. The molecule has 5 rings (SSSR count). The second-order valence-corrected chi connectivity index (χ2v) is 9.78. The fraction of sp³-hybridized carbons (Fsp3) is 0.308. The summed E-state index contributed by atoms with van der Waals surface area (Å²) in [6.45, 7) is 3.28. The maximum Gasteiger partial charge on any atom is 0.416 e.